The number of likely N-dealkylation sites (tertiary alicyclic amines) is 1. The van der Waals surface area contributed by atoms with Gasteiger partial charge in [-0.15, -0.1) is 0 Å². The number of guanidine groups is 1. The van der Waals surface area contributed by atoms with Gasteiger partial charge in [0.1, 0.15) is 0 Å². The third kappa shape index (κ3) is 2.88. The maximum absolute atomic E-state index is 4.43. The number of likely N-dealkylation sites (N-methyl/N-ethyl adjacent to an activating group) is 1. The number of nitrogens with zero attached hydrogens (tertiary/aromatic N) is 3. The van der Waals surface area contributed by atoms with E-state index in [2.05, 4.69) is 34.1 Å². The zero-order chi connectivity index (χ0) is 11.4. The summed E-state index contributed by atoms with van der Waals surface area (Å²) >= 11 is 0. The molecule has 1 N–H and O–H groups in total. The molecule has 0 radical (unpaired) electrons. The van der Waals surface area contributed by atoms with Crippen molar-refractivity contribution in [1.82, 2.24) is 15.1 Å². The van der Waals surface area contributed by atoms with Gasteiger partial charge in [-0.1, -0.05) is 6.42 Å². The highest BCUT2D eigenvalue weighted by atomic mass is 15.3. The second-order valence-corrected chi connectivity index (χ2v) is 4.93. The normalized spacial score (nSPS) is 27.0. The van der Waals surface area contributed by atoms with Gasteiger partial charge in [-0.3, -0.25) is 9.89 Å². The fourth-order valence-electron chi connectivity index (χ4n) is 2.52. The van der Waals surface area contributed by atoms with Gasteiger partial charge in [0.15, 0.2) is 5.96 Å². The van der Waals surface area contributed by atoms with Gasteiger partial charge in [0.05, 0.1) is 6.54 Å². The molecule has 0 aromatic heterocycles. The fourth-order valence-corrected chi connectivity index (χ4v) is 2.52. The maximum atomic E-state index is 4.43. The third-order valence-corrected chi connectivity index (χ3v) is 3.68. The van der Waals surface area contributed by atoms with Crippen molar-refractivity contribution in [2.45, 2.75) is 32.2 Å². The van der Waals surface area contributed by atoms with Crippen LogP contribution in [-0.2, 0) is 0 Å². The van der Waals surface area contributed by atoms with Crippen LogP contribution in [0.3, 0.4) is 0 Å². The van der Waals surface area contributed by atoms with Crippen molar-refractivity contribution in [2.75, 3.05) is 39.8 Å². The molecule has 0 aliphatic carbocycles. The standard InChI is InChI=1S/C12H24N4/c1-11-5-3-4-8-16(11)10-7-14-12-13-6-9-15(12)2/h11H,3-10H2,1-2H3,(H,13,14). The Balaban J connectivity index is 1.67. The number of piperidine rings is 1. The summed E-state index contributed by atoms with van der Waals surface area (Å²) in [5.74, 6) is 1.07. The first-order valence-corrected chi connectivity index (χ1v) is 6.51. The summed E-state index contributed by atoms with van der Waals surface area (Å²) in [6.07, 6.45) is 4.13. The number of aliphatic imine (C=N–C) groups is 1. The van der Waals surface area contributed by atoms with Crippen molar-refractivity contribution in [3.8, 4) is 0 Å². The Bertz CT molecular complexity index is 251. The average Bonchev–Trinajstić information content (AvgIpc) is 2.67. The Morgan fingerprint density at radius 3 is 2.94 bits per heavy atom. The van der Waals surface area contributed by atoms with Crippen molar-refractivity contribution < 1.29 is 0 Å². The predicted molar refractivity (Wildman–Crippen MR) is 67.8 cm³/mol. The topological polar surface area (TPSA) is 30.9 Å². The van der Waals surface area contributed by atoms with E-state index in [9.17, 15) is 0 Å². The lowest BCUT2D eigenvalue weighted by atomic mass is 10.0. The molecule has 16 heavy (non-hydrogen) atoms. The van der Waals surface area contributed by atoms with Gasteiger partial charge in [0.25, 0.3) is 0 Å². The van der Waals surface area contributed by atoms with Crippen LogP contribution >= 0.6 is 0 Å². The van der Waals surface area contributed by atoms with Crippen LogP contribution in [0.2, 0.25) is 0 Å². The molecule has 1 unspecified atom stereocenters. The number of rotatable bonds is 3. The van der Waals surface area contributed by atoms with Gasteiger partial charge in [-0.25, -0.2) is 0 Å². The molecule has 0 bridgehead atoms. The van der Waals surface area contributed by atoms with Gasteiger partial charge in [0.2, 0.25) is 0 Å². The first-order valence-electron chi connectivity index (χ1n) is 6.51. The molecule has 0 spiro atoms. The molecule has 2 rings (SSSR count). The highest BCUT2D eigenvalue weighted by Crippen LogP contribution is 2.15. The van der Waals surface area contributed by atoms with Gasteiger partial charge >= 0.3 is 0 Å². The summed E-state index contributed by atoms with van der Waals surface area (Å²) in [7, 11) is 2.10. The first kappa shape index (κ1) is 11.7. The van der Waals surface area contributed by atoms with Crippen LogP contribution in [0.25, 0.3) is 0 Å². The van der Waals surface area contributed by atoms with Crippen LogP contribution in [0.1, 0.15) is 26.2 Å². The largest absolute Gasteiger partial charge is 0.355 e. The number of hydrogen-bond donors (Lipinski definition) is 1. The summed E-state index contributed by atoms with van der Waals surface area (Å²) < 4.78 is 0. The molecule has 2 aliphatic heterocycles. The molecule has 2 aliphatic rings. The Kier molecular flexibility index (Phi) is 4.04. The summed E-state index contributed by atoms with van der Waals surface area (Å²) in [5, 5.41) is 3.43. The van der Waals surface area contributed by atoms with Crippen molar-refractivity contribution >= 4 is 5.96 Å². The minimum atomic E-state index is 0.763. The predicted octanol–water partition coefficient (Wildman–Crippen LogP) is 0.752. The number of hydrogen-bond acceptors (Lipinski definition) is 4. The molecule has 1 fully saturated rings. The molecule has 92 valence electrons. The molecule has 0 aromatic rings. The van der Waals surface area contributed by atoms with Gasteiger partial charge < -0.3 is 10.2 Å². The minimum Gasteiger partial charge on any atom is -0.355 e. The quantitative estimate of drug-likeness (QED) is 0.767. The Labute approximate surface area is 98.7 Å². The van der Waals surface area contributed by atoms with E-state index >= 15 is 0 Å². The highest BCUT2D eigenvalue weighted by molar-refractivity contribution is 5.81. The van der Waals surface area contributed by atoms with E-state index < -0.39 is 0 Å². The maximum Gasteiger partial charge on any atom is 0.193 e. The summed E-state index contributed by atoms with van der Waals surface area (Å²) in [4.78, 5) is 9.21. The Morgan fingerprint density at radius 1 is 1.38 bits per heavy atom. The van der Waals surface area contributed by atoms with E-state index in [1.165, 1.54) is 25.8 Å². The van der Waals surface area contributed by atoms with Crippen LogP contribution < -0.4 is 5.32 Å². The van der Waals surface area contributed by atoms with Crippen LogP contribution in [-0.4, -0.2) is 61.6 Å². The Morgan fingerprint density at radius 2 is 2.25 bits per heavy atom. The van der Waals surface area contributed by atoms with E-state index in [1.54, 1.807) is 0 Å². The zero-order valence-corrected chi connectivity index (χ0v) is 10.6. The highest BCUT2D eigenvalue weighted by Gasteiger charge is 2.18. The first-order chi connectivity index (χ1) is 7.77. The molecule has 2 heterocycles. The number of nitrogens with one attached hydrogen (secondary N) is 1. The second kappa shape index (κ2) is 5.53. The van der Waals surface area contributed by atoms with E-state index in [1.807, 2.05) is 0 Å². The van der Waals surface area contributed by atoms with Gasteiger partial charge in [-0.2, -0.15) is 0 Å². The van der Waals surface area contributed by atoms with Crippen LogP contribution in [0, 0.1) is 0 Å². The molecule has 1 saturated heterocycles. The minimum absolute atomic E-state index is 0.763. The van der Waals surface area contributed by atoms with Crippen LogP contribution in [0.15, 0.2) is 4.99 Å². The third-order valence-electron chi connectivity index (χ3n) is 3.68. The summed E-state index contributed by atoms with van der Waals surface area (Å²) in [6, 6.07) is 0.763. The molecule has 0 amide bonds. The zero-order valence-electron chi connectivity index (χ0n) is 10.6. The molecule has 4 heteroatoms. The lowest BCUT2D eigenvalue weighted by Crippen LogP contribution is -2.44. The van der Waals surface area contributed by atoms with Crippen molar-refractivity contribution in [3.63, 3.8) is 0 Å². The van der Waals surface area contributed by atoms with Crippen LogP contribution in [0.5, 0.6) is 0 Å². The smallest absolute Gasteiger partial charge is 0.193 e. The van der Waals surface area contributed by atoms with E-state index in [0.29, 0.717) is 0 Å². The lowest BCUT2D eigenvalue weighted by molar-refractivity contribution is 0.163. The van der Waals surface area contributed by atoms with Crippen molar-refractivity contribution in [1.29, 1.82) is 0 Å². The van der Waals surface area contributed by atoms with E-state index in [0.717, 1.165) is 38.2 Å². The fraction of sp³-hybridized carbons (Fsp3) is 0.917. The monoisotopic (exact) mass is 224 g/mol. The molecule has 0 aromatic carbocycles. The van der Waals surface area contributed by atoms with Crippen molar-refractivity contribution in [3.05, 3.63) is 0 Å². The second-order valence-electron chi connectivity index (χ2n) is 4.93. The summed E-state index contributed by atoms with van der Waals surface area (Å²) in [5.41, 5.74) is 0. The van der Waals surface area contributed by atoms with Gasteiger partial charge in [0, 0.05) is 32.7 Å². The lowest BCUT2D eigenvalue weighted by Gasteiger charge is -2.33. The van der Waals surface area contributed by atoms with Crippen molar-refractivity contribution in [2.24, 2.45) is 4.99 Å². The Hall–Kier alpha value is -0.770. The summed E-state index contributed by atoms with van der Waals surface area (Å²) in [6.45, 7) is 7.78. The average molecular weight is 224 g/mol. The molecule has 0 saturated carbocycles. The van der Waals surface area contributed by atoms with Gasteiger partial charge in [-0.05, 0) is 26.3 Å². The molecular weight excluding hydrogens is 200 g/mol. The molecular formula is C12H24N4. The molecule has 1 atom stereocenters. The van der Waals surface area contributed by atoms with Crippen LogP contribution in [0.4, 0.5) is 0 Å². The SMILES string of the molecule is CC1CCCCN1CCNC1=NCCN1C. The van der Waals surface area contributed by atoms with E-state index in [-0.39, 0.29) is 0 Å². The molecule has 4 nitrogen and oxygen atoms in total. The van der Waals surface area contributed by atoms with E-state index in [4.69, 9.17) is 0 Å².